The maximum absolute atomic E-state index is 6.01. The van der Waals surface area contributed by atoms with Gasteiger partial charge in [0.1, 0.15) is 5.60 Å². The Kier molecular flexibility index (Phi) is 4.26. The summed E-state index contributed by atoms with van der Waals surface area (Å²) in [6.45, 7) is 6.76. The van der Waals surface area contributed by atoms with Gasteiger partial charge in [-0.15, -0.1) is 0 Å². The SMILES string of the molecule is CCOC1(c2noc(C(C)(C)NC)n2)CCCCC1. The number of rotatable bonds is 5. The molecule has 0 amide bonds. The maximum atomic E-state index is 6.01. The monoisotopic (exact) mass is 267 g/mol. The van der Waals surface area contributed by atoms with E-state index >= 15 is 0 Å². The Morgan fingerprint density at radius 3 is 2.58 bits per heavy atom. The van der Waals surface area contributed by atoms with E-state index in [4.69, 9.17) is 9.26 Å². The third kappa shape index (κ3) is 2.82. The molecular weight excluding hydrogens is 242 g/mol. The fourth-order valence-corrected chi connectivity index (χ4v) is 2.60. The van der Waals surface area contributed by atoms with Crippen molar-refractivity contribution in [1.82, 2.24) is 15.5 Å². The van der Waals surface area contributed by atoms with E-state index in [1.54, 1.807) is 0 Å². The van der Waals surface area contributed by atoms with Crippen molar-refractivity contribution in [3.05, 3.63) is 11.7 Å². The largest absolute Gasteiger partial charge is 0.367 e. The molecule has 19 heavy (non-hydrogen) atoms. The maximum Gasteiger partial charge on any atom is 0.246 e. The Bertz CT molecular complexity index is 403. The normalized spacial score (nSPS) is 19.6. The summed E-state index contributed by atoms with van der Waals surface area (Å²) in [5.74, 6) is 1.34. The van der Waals surface area contributed by atoms with Crippen LogP contribution in [0.3, 0.4) is 0 Å². The lowest BCUT2D eigenvalue weighted by Crippen LogP contribution is -2.35. The fourth-order valence-electron chi connectivity index (χ4n) is 2.60. The molecule has 108 valence electrons. The predicted molar refractivity (Wildman–Crippen MR) is 72.8 cm³/mol. The van der Waals surface area contributed by atoms with Crippen molar-refractivity contribution >= 4 is 0 Å². The molecule has 0 bridgehead atoms. The van der Waals surface area contributed by atoms with E-state index in [0.29, 0.717) is 18.3 Å². The molecule has 5 heteroatoms. The zero-order chi connectivity index (χ0) is 13.9. The lowest BCUT2D eigenvalue weighted by atomic mass is 9.84. The molecule has 0 aromatic carbocycles. The molecule has 0 radical (unpaired) electrons. The molecule has 1 fully saturated rings. The molecule has 1 aromatic heterocycles. The van der Waals surface area contributed by atoms with E-state index in [1.807, 2.05) is 27.8 Å². The van der Waals surface area contributed by atoms with Gasteiger partial charge in [-0.25, -0.2) is 0 Å². The van der Waals surface area contributed by atoms with Crippen LogP contribution in [-0.2, 0) is 15.9 Å². The molecule has 0 atom stereocenters. The lowest BCUT2D eigenvalue weighted by Gasteiger charge is -2.34. The van der Waals surface area contributed by atoms with Gasteiger partial charge in [-0.05, 0) is 40.7 Å². The highest BCUT2D eigenvalue weighted by Gasteiger charge is 2.40. The average molecular weight is 267 g/mol. The minimum absolute atomic E-state index is 0.312. The minimum atomic E-state index is -0.335. The lowest BCUT2D eigenvalue weighted by molar-refractivity contribution is -0.0777. The van der Waals surface area contributed by atoms with E-state index in [9.17, 15) is 0 Å². The second-order valence-corrected chi connectivity index (χ2v) is 5.79. The van der Waals surface area contributed by atoms with Gasteiger partial charge >= 0.3 is 0 Å². The highest BCUT2D eigenvalue weighted by molar-refractivity contribution is 5.07. The van der Waals surface area contributed by atoms with E-state index in [2.05, 4.69) is 15.5 Å². The average Bonchev–Trinajstić information content (AvgIpc) is 2.91. The molecule has 1 aliphatic carbocycles. The summed E-state index contributed by atoms with van der Waals surface area (Å²) in [6, 6.07) is 0. The number of ether oxygens (including phenoxy) is 1. The second-order valence-electron chi connectivity index (χ2n) is 5.79. The zero-order valence-corrected chi connectivity index (χ0v) is 12.5. The number of aromatic nitrogens is 2. The Labute approximate surface area is 115 Å². The zero-order valence-electron chi connectivity index (χ0n) is 12.5. The van der Waals surface area contributed by atoms with Crippen molar-refractivity contribution < 1.29 is 9.26 Å². The second kappa shape index (κ2) is 5.59. The van der Waals surface area contributed by atoms with Gasteiger partial charge < -0.3 is 14.6 Å². The number of hydrogen-bond donors (Lipinski definition) is 1. The van der Waals surface area contributed by atoms with Crippen LogP contribution >= 0.6 is 0 Å². The quantitative estimate of drug-likeness (QED) is 0.888. The highest BCUT2D eigenvalue weighted by Crippen LogP contribution is 2.39. The van der Waals surface area contributed by atoms with E-state index in [0.717, 1.165) is 12.8 Å². The van der Waals surface area contributed by atoms with E-state index < -0.39 is 0 Å². The van der Waals surface area contributed by atoms with Crippen molar-refractivity contribution in [3.63, 3.8) is 0 Å². The first-order valence-corrected chi connectivity index (χ1v) is 7.21. The first-order chi connectivity index (χ1) is 9.04. The van der Waals surface area contributed by atoms with Gasteiger partial charge in [-0.3, -0.25) is 0 Å². The predicted octanol–water partition coefficient (Wildman–Crippen LogP) is 2.72. The summed E-state index contributed by atoms with van der Waals surface area (Å²) in [7, 11) is 1.89. The van der Waals surface area contributed by atoms with Crippen molar-refractivity contribution in [2.45, 2.75) is 64.0 Å². The summed E-state index contributed by atoms with van der Waals surface area (Å²) < 4.78 is 11.5. The van der Waals surface area contributed by atoms with Crippen LogP contribution in [0.5, 0.6) is 0 Å². The number of nitrogens with one attached hydrogen (secondary N) is 1. The molecular formula is C14H25N3O2. The standard InChI is InChI=1S/C14H25N3O2/c1-5-18-14(9-7-6-8-10-14)11-16-12(19-17-11)13(2,3)15-4/h15H,5-10H2,1-4H3. The molecule has 1 heterocycles. The van der Waals surface area contributed by atoms with Crippen LogP contribution in [0.1, 0.15) is 64.6 Å². The molecule has 2 rings (SSSR count). The molecule has 1 aromatic rings. The van der Waals surface area contributed by atoms with Crippen LogP contribution < -0.4 is 5.32 Å². The molecule has 1 aliphatic rings. The fraction of sp³-hybridized carbons (Fsp3) is 0.857. The Hall–Kier alpha value is -0.940. The van der Waals surface area contributed by atoms with E-state index in [-0.39, 0.29) is 11.1 Å². The number of hydrogen-bond acceptors (Lipinski definition) is 5. The van der Waals surface area contributed by atoms with Crippen LogP contribution in [0.25, 0.3) is 0 Å². The first kappa shape index (κ1) is 14.5. The van der Waals surface area contributed by atoms with Gasteiger partial charge in [0, 0.05) is 6.61 Å². The van der Waals surface area contributed by atoms with Gasteiger partial charge in [-0.1, -0.05) is 24.4 Å². The summed E-state index contributed by atoms with van der Waals surface area (Å²) in [5, 5.41) is 7.38. The van der Waals surface area contributed by atoms with Crippen LogP contribution in [0.4, 0.5) is 0 Å². The molecule has 1 N–H and O–H groups in total. The third-order valence-electron chi connectivity index (χ3n) is 4.08. The molecule has 0 unspecified atom stereocenters. The van der Waals surface area contributed by atoms with Crippen molar-refractivity contribution in [1.29, 1.82) is 0 Å². The van der Waals surface area contributed by atoms with Crippen LogP contribution in [0, 0.1) is 0 Å². The Morgan fingerprint density at radius 1 is 1.32 bits per heavy atom. The Morgan fingerprint density at radius 2 is 2.00 bits per heavy atom. The van der Waals surface area contributed by atoms with Crippen LogP contribution in [-0.4, -0.2) is 23.8 Å². The highest BCUT2D eigenvalue weighted by atomic mass is 16.5. The smallest absolute Gasteiger partial charge is 0.246 e. The van der Waals surface area contributed by atoms with Crippen molar-refractivity contribution in [2.75, 3.05) is 13.7 Å². The molecule has 0 aliphatic heterocycles. The van der Waals surface area contributed by atoms with Gasteiger partial charge in [0.15, 0.2) is 0 Å². The Balaban J connectivity index is 2.28. The molecule has 0 saturated heterocycles. The minimum Gasteiger partial charge on any atom is -0.367 e. The van der Waals surface area contributed by atoms with Crippen molar-refractivity contribution in [2.24, 2.45) is 0 Å². The summed E-state index contributed by atoms with van der Waals surface area (Å²) in [5.41, 5.74) is -0.647. The summed E-state index contributed by atoms with van der Waals surface area (Å²) in [4.78, 5) is 4.60. The van der Waals surface area contributed by atoms with Crippen LogP contribution in [0.2, 0.25) is 0 Å². The molecule has 0 spiro atoms. The summed E-state index contributed by atoms with van der Waals surface area (Å²) in [6.07, 6.45) is 5.57. The van der Waals surface area contributed by atoms with Gasteiger partial charge in [0.05, 0.1) is 5.54 Å². The third-order valence-corrected chi connectivity index (χ3v) is 4.08. The first-order valence-electron chi connectivity index (χ1n) is 7.21. The van der Waals surface area contributed by atoms with E-state index in [1.165, 1.54) is 19.3 Å². The van der Waals surface area contributed by atoms with Gasteiger partial charge in [-0.2, -0.15) is 4.98 Å². The number of nitrogens with zero attached hydrogens (tertiary/aromatic N) is 2. The topological polar surface area (TPSA) is 60.2 Å². The molecule has 1 saturated carbocycles. The van der Waals surface area contributed by atoms with Crippen LogP contribution in [0.15, 0.2) is 4.52 Å². The van der Waals surface area contributed by atoms with Gasteiger partial charge in [0.2, 0.25) is 11.7 Å². The summed E-state index contributed by atoms with van der Waals surface area (Å²) >= 11 is 0. The molecule has 5 nitrogen and oxygen atoms in total. The van der Waals surface area contributed by atoms with Crippen molar-refractivity contribution in [3.8, 4) is 0 Å². The van der Waals surface area contributed by atoms with Gasteiger partial charge in [0.25, 0.3) is 0 Å².